The summed E-state index contributed by atoms with van der Waals surface area (Å²) in [6, 6.07) is 0. The van der Waals surface area contributed by atoms with Crippen molar-refractivity contribution in [3.8, 4) is 0 Å². The summed E-state index contributed by atoms with van der Waals surface area (Å²) in [5, 5.41) is 20.0. The molecular formula is C10H16N4O3. The van der Waals surface area contributed by atoms with E-state index < -0.39 is 5.97 Å². The molecule has 1 aromatic rings. The number of aromatic nitrogens is 4. The molecule has 17 heavy (non-hydrogen) atoms. The molecule has 1 aromatic heterocycles. The number of aryl methyl sites for hydroxylation is 1. The van der Waals surface area contributed by atoms with E-state index in [1.54, 1.807) is 4.68 Å². The Hall–Kier alpha value is -1.50. The van der Waals surface area contributed by atoms with Crippen LogP contribution in [0.15, 0.2) is 0 Å². The zero-order chi connectivity index (χ0) is 12.1. The second kappa shape index (κ2) is 5.72. The predicted molar refractivity (Wildman–Crippen MR) is 57.2 cm³/mol. The highest BCUT2D eigenvalue weighted by atomic mass is 16.5. The highest BCUT2D eigenvalue weighted by Gasteiger charge is 2.22. The third-order valence-electron chi connectivity index (χ3n) is 2.79. The van der Waals surface area contributed by atoms with E-state index in [-0.39, 0.29) is 12.5 Å². The van der Waals surface area contributed by atoms with E-state index in [1.807, 2.05) is 0 Å². The first-order chi connectivity index (χ1) is 8.27. The lowest BCUT2D eigenvalue weighted by molar-refractivity contribution is -0.137. The number of carbonyl (C=O) groups is 1. The van der Waals surface area contributed by atoms with Gasteiger partial charge in [0.2, 0.25) is 0 Å². The lowest BCUT2D eigenvalue weighted by Gasteiger charge is -2.21. The summed E-state index contributed by atoms with van der Waals surface area (Å²) in [5.74, 6) is -0.0800. The number of hydrogen-bond acceptors (Lipinski definition) is 5. The van der Waals surface area contributed by atoms with Crippen LogP contribution in [0.3, 0.4) is 0 Å². The average molecular weight is 240 g/mol. The number of aliphatic carboxylic acids is 1. The molecule has 0 radical (unpaired) electrons. The fourth-order valence-electron chi connectivity index (χ4n) is 1.93. The molecule has 1 saturated heterocycles. The standard InChI is InChI=1S/C10H16N4O3/c15-9(16)5-3-6-14-10(11-12-13-14)8-4-1-2-7-17-8/h8H,1-7H2,(H,15,16). The maximum absolute atomic E-state index is 10.4. The van der Waals surface area contributed by atoms with E-state index in [0.29, 0.717) is 13.0 Å². The van der Waals surface area contributed by atoms with Crippen LogP contribution < -0.4 is 0 Å². The quantitative estimate of drug-likeness (QED) is 0.817. The van der Waals surface area contributed by atoms with Gasteiger partial charge in [-0.1, -0.05) is 0 Å². The van der Waals surface area contributed by atoms with Gasteiger partial charge in [0.1, 0.15) is 6.10 Å². The molecule has 1 aliphatic rings. The average Bonchev–Trinajstić information content (AvgIpc) is 2.78. The Morgan fingerprint density at radius 1 is 1.53 bits per heavy atom. The van der Waals surface area contributed by atoms with Crippen molar-refractivity contribution in [2.24, 2.45) is 0 Å². The van der Waals surface area contributed by atoms with Gasteiger partial charge in [-0.25, -0.2) is 4.68 Å². The molecule has 7 heteroatoms. The number of ether oxygens (including phenoxy) is 1. The Morgan fingerprint density at radius 3 is 3.12 bits per heavy atom. The van der Waals surface area contributed by atoms with Crippen molar-refractivity contribution in [2.75, 3.05) is 6.61 Å². The van der Waals surface area contributed by atoms with Crippen LogP contribution >= 0.6 is 0 Å². The minimum Gasteiger partial charge on any atom is -0.481 e. The molecule has 1 N–H and O–H groups in total. The van der Waals surface area contributed by atoms with Crippen molar-refractivity contribution in [3.05, 3.63) is 5.82 Å². The van der Waals surface area contributed by atoms with Crippen LogP contribution in [0.1, 0.15) is 44.0 Å². The third-order valence-corrected chi connectivity index (χ3v) is 2.79. The number of tetrazole rings is 1. The summed E-state index contributed by atoms with van der Waals surface area (Å²) in [7, 11) is 0. The Bertz CT molecular complexity index is 373. The van der Waals surface area contributed by atoms with E-state index in [2.05, 4.69) is 15.5 Å². The van der Waals surface area contributed by atoms with E-state index in [9.17, 15) is 4.79 Å². The first kappa shape index (κ1) is 12.0. The molecule has 0 saturated carbocycles. The van der Waals surface area contributed by atoms with Gasteiger partial charge in [0.25, 0.3) is 0 Å². The predicted octanol–water partition coefficient (Wildman–Crippen LogP) is 0.779. The van der Waals surface area contributed by atoms with Crippen LogP contribution in [0.2, 0.25) is 0 Å². The lowest BCUT2D eigenvalue weighted by Crippen LogP contribution is -2.17. The molecule has 1 aliphatic heterocycles. The summed E-state index contributed by atoms with van der Waals surface area (Å²) >= 11 is 0. The summed E-state index contributed by atoms with van der Waals surface area (Å²) < 4.78 is 7.26. The van der Waals surface area contributed by atoms with E-state index in [1.165, 1.54) is 0 Å². The zero-order valence-electron chi connectivity index (χ0n) is 9.58. The van der Waals surface area contributed by atoms with Gasteiger partial charge < -0.3 is 9.84 Å². The molecule has 7 nitrogen and oxygen atoms in total. The number of nitrogens with zero attached hydrogens (tertiary/aromatic N) is 4. The molecule has 0 aliphatic carbocycles. The van der Waals surface area contributed by atoms with Gasteiger partial charge in [-0.3, -0.25) is 4.79 Å². The first-order valence-electron chi connectivity index (χ1n) is 5.87. The zero-order valence-corrected chi connectivity index (χ0v) is 9.58. The third kappa shape index (κ3) is 3.23. The Labute approximate surface area is 98.8 Å². The van der Waals surface area contributed by atoms with Gasteiger partial charge in [0.15, 0.2) is 5.82 Å². The van der Waals surface area contributed by atoms with E-state index in [4.69, 9.17) is 9.84 Å². The van der Waals surface area contributed by atoms with Gasteiger partial charge in [0.05, 0.1) is 0 Å². The van der Waals surface area contributed by atoms with Gasteiger partial charge in [-0.2, -0.15) is 0 Å². The molecular weight excluding hydrogens is 224 g/mol. The maximum atomic E-state index is 10.4. The highest BCUT2D eigenvalue weighted by Crippen LogP contribution is 2.25. The molecule has 2 heterocycles. The Kier molecular flexibility index (Phi) is 4.03. The van der Waals surface area contributed by atoms with Crippen molar-refractivity contribution in [1.82, 2.24) is 20.2 Å². The van der Waals surface area contributed by atoms with Crippen molar-refractivity contribution in [3.63, 3.8) is 0 Å². The summed E-state index contributed by atoms with van der Waals surface area (Å²) in [6.45, 7) is 1.27. The normalized spacial score (nSPS) is 20.4. The number of hydrogen-bond donors (Lipinski definition) is 1. The van der Waals surface area contributed by atoms with Crippen LogP contribution in [0.4, 0.5) is 0 Å². The fraction of sp³-hybridized carbons (Fsp3) is 0.800. The molecule has 1 fully saturated rings. The van der Waals surface area contributed by atoms with Crippen molar-refractivity contribution >= 4 is 5.97 Å². The molecule has 0 amide bonds. The minimum absolute atomic E-state index is 0.0384. The van der Waals surface area contributed by atoms with Gasteiger partial charge >= 0.3 is 5.97 Å². The van der Waals surface area contributed by atoms with Crippen molar-refractivity contribution in [2.45, 2.75) is 44.8 Å². The SMILES string of the molecule is O=C(O)CCCn1nnnc1C1CCCCO1. The molecule has 2 rings (SSSR count). The monoisotopic (exact) mass is 240 g/mol. The number of carboxylic acid groups (broad SMARTS) is 1. The van der Waals surface area contributed by atoms with Gasteiger partial charge in [-0.15, -0.1) is 5.10 Å². The summed E-state index contributed by atoms with van der Waals surface area (Å²) in [5.41, 5.74) is 0. The smallest absolute Gasteiger partial charge is 0.303 e. The van der Waals surface area contributed by atoms with E-state index in [0.717, 1.165) is 31.7 Å². The number of carboxylic acids is 1. The van der Waals surface area contributed by atoms with Gasteiger partial charge in [-0.05, 0) is 36.1 Å². The molecule has 0 spiro atoms. The van der Waals surface area contributed by atoms with Crippen molar-refractivity contribution in [1.29, 1.82) is 0 Å². The maximum Gasteiger partial charge on any atom is 0.303 e. The van der Waals surface area contributed by atoms with Gasteiger partial charge in [0, 0.05) is 19.6 Å². The molecule has 1 unspecified atom stereocenters. The van der Waals surface area contributed by atoms with Crippen LogP contribution in [-0.4, -0.2) is 37.9 Å². The fourth-order valence-corrected chi connectivity index (χ4v) is 1.93. The van der Waals surface area contributed by atoms with E-state index >= 15 is 0 Å². The first-order valence-corrected chi connectivity index (χ1v) is 5.87. The Balaban J connectivity index is 1.93. The van der Waals surface area contributed by atoms with Crippen molar-refractivity contribution < 1.29 is 14.6 Å². The van der Waals surface area contributed by atoms with Crippen LogP contribution in [0.25, 0.3) is 0 Å². The topological polar surface area (TPSA) is 90.1 Å². The Morgan fingerprint density at radius 2 is 2.41 bits per heavy atom. The molecule has 94 valence electrons. The second-order valence-corrected chi connectivity index (χ2v) is 4.11. The molecule has 0 bridgehead atoms. The number of rotatable bonds is 5. The van der Waals surface area contributed by atoms with Crippen LogP contribution in [0, 0.1) is 0 Å². The largest absolute Gasteiger partial charge is 0.481 e. The summed E-state index contributed by atoms with van der Waals surface area (Å²) in [4.78, 5) is 10.4. The summed E-state index contributed by atoms with van der Waals surface area (Å²) in [6.07, 6.45) is 3.75. The van der Waals surface area contributed by atoms with Crippen LogP contribution in [-0.2, 0) is 16.1 Å². The molecule has 0 aromatic carbocycles. The lowest BCUT2D eigenvalue weighted by atomic mass is 10.1. The second-order valence-electron chi connectivity index (χ2n) is 4.11. The van der Waals surface area contributed by atoms with Crippen LogP contribution in [0.5, 0.6) is 0 Å². The molecule has 1 atom stereocenters. The highest BCUT2D eigenvalue weighted by molar-refractivity contribution is 5.66. The minimum atomic E-state index is -0.798.